The van der Waals surface area contributed by atoms with Gasteiger partial charge in [-0.05, 0) is 63.3 Å². The van der Waals surface area contributed by atoms with E-state index in [2.05, 4.69) is 16.9 Å². The maximum absolute atomic E-state index is 14.4. The van der Waals surface area contributed by atoms with Crippen molar-refractivity contribution in [2.75, 3.05) is 14.1 Å². The lowest BCUT2D eigenvalue weighted by molar-refractivity contribution is -0.103. The van der Waals surface area contributed by atoms with Gasteiger partial charge in [-0.15, -0.1) is 0 Å². The van der Waals surface area contributed by atoms with Crippen LogP contribution in [0.2, 0.25) is 0 Å². The van der Waals surface area contributed by atoms with Gasteiger partial charge < -0.3 is 20.7 Å². The maximum atomic E-state index is 14.4. The number of nitrogens with zero attached hydrogens (tertiary/aromatic N) is 2. The average Bonchev–Trinajstić information content (AvgIpc) is 2.84. The molecule has 0 unspecified atom stereocenters. The first-order valence-corrected chi connectivity index (χ1v) is 10.5. The lowest BCUT2D eigenvalue weighted by Crippen LogP contribution is -2.32. The van der Waals surface area contributed by atoms with Gasteiger partial charge in [-0.3, -0.25) is 4.79 Å². The van der Waals surface area contributed by atoms with Gasteiger partial charge in [-0.2, -0.15) is 0 Å². The summed E-state index contributed by atoms with van der Waals surface area (Å²) in [4.78, 5) is 25.0. The molecule has 0 aliphatic carbocycles. The van der Waals surface area contributed by atoms with Crippen molar-refractivity contribution in [2.45, 2.75) is 20.4 Å². The van der Waals surface area contributed by atoms with E-state index in [4.69, 9.17) is 10.5 Å². The highest BCUT2D eigenvalue weighted by molar-refractivity contribution is 6.07. The SMILES string of the molecule is C=C/C=C(\C=O)c1cc(N=C(N)N(/C=C\C)Cc2cc(F)c(F)c(F)c2)c(C)cc1F.C=O.CNC. The number of hydrogen-bond acceptors (Lipinski definition) is 4. The van der Waals surface area contributed by atoms with Crippen molar-refractivity contribution in [3.63, 3.8) is 0 Å². The number of carbonyl (C=O) groups is 2. The number of halogens is 4. The predicted molar refractivity (Wildman–Crippen MR) is 135 cm³/mol. The van der Waals surface area contributed by atoms with Crippen LogP contribution in [-0.2, 0) is 16.1 Å². The van der Waals surface area contributed by atoms with Crippen LogP contribution < -0.4 is 11.1 Å². The topological polar surface area (TPSA) is 87.8 Å². The molecule has 2 aromatic carbocycles. The fourth-order valence-corrected chi connectivity index (χ4v) is 2.80. The van der Waals surface area contributed by atoms with Crippen molar-refractivity contribution in [2.24, 2.45) is 10.7 Å². The van der Waals surface area contributed by atoms with Crippen LogP contribution in [0.5, 0.6) is 0 Å². The Kier molecular flexibility index (Phi) is 14.7. The van der Waals surface area contributed by atoms with Crippen molar-refractivity contribution in [3.8, 4) is 0 Å². The molecule has 0 aliphatic heterocycles. The fraction of sp³-hybridized carbons (Fsp3) is 0.192. The molecule has 0 fully saturated rings. The summed E-state index contributed by atoms with van der Waals surface area (Å²) in [6.07, 6.45) is 6.36. The van der Waals surface area contributed by atoms with E-state index in [-0.39, 0.29) is 34.9 Å². The van der Waals surface area contributed by atoms with Gasteiger partial charge in [0.2, 0.25) is 5.96 Å². The molecule has 36 heavy (non-hydrogen) atoms. The quantitative estimate of drug-likeness (QED) is 0.106. The van der Waals surface area contributed by atoms with Crippen LogP contribution >= 0.6 is 0 Å². The number of allylic oxidation sites excluding steroid dienone is 4. The lowest BCUT2D eigenvalue weighted by Gasteiger charge is -2.20. The molecule has 0 bridgehead atoms. The van der Waals surface area contributed by atoms with Gasteiger partial charge in [0.1, 0.15) is 12.6 Å². The number of aliphatic imine (C=N–C) groups is 1. The zero-order chi connectivity index (χ0) is 27.8. The summed E-state index contributed by atoms with van der Waals surface area (Å²) in [5.41, 5.74) is 7.04. The Morgan fingerprint density at radius 2 is 1.64 bits per heavy atom. The van der Waals surface area contributed by atoms with Gasteiger partial charge in [0.05, 0.1) is 12.2 Å². The van der Waals surface area contributed by atoms with E-state index in [1.54, 1.807) is 19.9 Å². The molecule has 0 atom stereocenters. The minimum Gasteiger partial charge on any atom is -0.369 e. The van der Waals surface area contributed by atoms with Crippen molar-refractivity contribution in [1.82, 2.24) is 10.2 Å². The Balaban J connectivity index is 0.00000227. The summed E-state index contributed by atoms with van der Waals surface area (Å²) in [6, 6.07) is 4.30. The lowest BCUT2D eigenvalue weighted by atomic mass is 10.0. The number of benzene rings is 2. The van der Waals surface area contributed by atoms with E-state index >= 15 is 0 Å². The molecule has 0 aliphatic rings. The number of hydrogen-bond donors (Lipinski definition) is 2. The van der Waals surface area contributed by atoms with E-state index in [0.717, 1.165) is 12.1 Å². The molecule has 0 spiro atoms. The zero-order valence-corrected chi connectivity index (χ0v) is 20.6. The molecular weight excluding hydrogens is 476 g/mol. The van der Waals surface area contributed by atoms with E-state index < -0.39 is 23.3 Å². The van der Waals surface area contributed by atoms with Crippen molar-refractivity contribution in [1.29, 1.82) is 0 Å². The van der Waals surface area contributed by atoms with Crippen LogP contribution in [0.25, 0.3) is 5.57 Å². The molecule has 2 aromatic rings. The van der Waals surface area contributed by atoms with Gasteiger partial charge in [0.25, 0.3) is 0 Å². The summed E-state index contributed by atoms with van der Waals surface area (Å²) in [5.74, 6) is -4.88. The average molecular weight is 507 g/mol. The molecular formula is C26H30F4N4O2. The number of guanidine groups is 1. The zero-order valence-electron chi connectivity index (χ0n) is 20.6. The third kappa shape index (κ3) is 9.30. The third-order valence-corrected chi connectivity index (χ3v) is 4.28. The van der Waals surface area contributed by atoms with Crippen LogP contribution in [0.4, 0.5) is 23.2 Å². The molecule has 3 N–H and O–H groups in total. The fourth-order valence-electron chi connectivity index (χ4n) is 2.80. The van der Waals surface area contributed by atoms with Crippen molar-refractivity contribution in [3.05, 3.63) is 95.2 Å². The summed E-state index contributed by atoms with van der Waals surface area (Å²) < 4.78 is 54.7. The first kappa shape index (κ1) is 32.0. The van der Waals surface area contributed by atoms with Crippen LogP contribution in [0.15, 0.2) is 60.3 Å². The summed E-state index contributed by atoms with van der Waals surface area (Å²) in [7, 11) is 3.75. The number of nitrogens with two attached hydrogens (primary N) is 1. The van der Waals surface area contributed by atoms with E-state index in [1.807, 2.05) is 20.9 Å². The Morgan fingerprint density at radius 1 is 1.08 bits per heavy atom. The number of aryl methyl sites for hydroxylation is 1. The maximum Gasteiger partial charge on any atom is 0.200 e. The van der Waals surface area contributed by atoms with Crippen LogP contribution in [0.1, 0.15) is 23.6 Å². The van der Waals surface area contributed by atoms with Gasteiger partial charge >= 0.3 is 0 Å². The van der Waals surface area contributed by atoms with Gasteiger partial charge in [-0.1, -0.05) is 24.8 Å². The Labute approximate surface area is 208 Å². The largest absolute Gasteiger partial charge is 0.369 e. The summed E-state index contributed by atoms with van der Waals surface area (Å²) in [6.45, 7) is 8.71. The molecule has 0 heterocycles. The number of carbonyl (C=O) groups excluding carboxylic acids is 2. The first-order chi connectivity index (χ1) is 17.1. The molecule has 0 saturated heterocycles. The van der Waals surface area contributed by atoms with Crippen LogP contribution in [0, 0.1) is 30.2 Å². The van der Waals surface area contributed by atoms with E-state index in [9.17, 15) is 22.4 Å². The van der Waals surface area contributed by atoms with Gasteiger partial charge in [0, 0.05) is 17.3 Å². The molecule has 0 amide bonds. The predicted octanol–water partition coefficient (Wildman–Crippen LogP) is 4.95. The molecule has 0 saturated carbocycles. The Morgan fingerprint density at radius 3 is 2.11 bits per heavy atom. The van der Waals surface area contributed by atoms with Gasteiger partial charge in [-0.25, -0.2) is 22.6 Å². The molecule has 10 heteroatoms. The highest BCUT2D eigenvalue weighted by Gasteiger charge is 2.15. The molecule has 2 rings (SSSR count). The summed E-state index contributed by atoms with van der Waals surface area (Å²) >= 11 is 0. The second-order valence-corrected chi connectivity index (χ2v) is 7.05. The van der Waals surface area contributed by atoms with Crippen LogP contribution in [0.3, 0.4) is 0 Å². The number of aldehydes is 1. The minimum atomic E-state index is -1.56. The normalized spacial score (nSPS) is 11.2. The smallest absolute Gasteiger partial charge is 0.200 e. The Bertz CT molecular complexity index is 1110. The Hall–Kier alpha value is -4.05. The van der Waals surface area contributed by atoms with E-state index in [0.29, 0.717) is 11.8 Å². The van der Waals surface area contributed by atoms with E-state index in [1.165, 1.54) is 35.4 Å². The molecule has 6 nitrogen and oxygen atoms in total. The second kappa shape index (κ2) is 16.6. The monoisotopic (exact) mass is 506 g/mol. The highest BCUT2D eigenvalue weighted by atomic mass is 19.2. The van der Waals surface area contributed by atoms with Gasteiger partial charge in [0.15, 0.2) is 23.7 Å². The standard InChI is InChI=1S/C23H21F4N3O.C2H7N.CH2O/c1-4-6-16(13-31)17-11-21(14(3)8-18(17)24)29-23(28)30(7-5-2)12-15-9-19(25)22(27)20(26)10-15;1-3-2;1-2/h4-11,13H,1,12H2,2-3H3,(H2,28,29);3H,1-2H3;1H2/b7-5-,16-6+;;. The molecule has 0 radical (unpaired) electrons. The minimum absolute atomic E-state index is 0.0207. The summed E-state index contributed by atoms with van der Waals surface area (Å²) in [5, 5.41) is 2.75. The second-order valence-electron chi connectivity index (χ2n) is 7.05. The molecule has 0 aromatic heterocycles. The van der Waals surface area contributed by atoms with Crippen LogP contribution in [-0.4, -0.2) is 38.0 Å². The van der Waals surface area contributed by atoms with Crippen molar-refractivity contribution < 1.29 is 27.2 Å². The third-order valence-electron chi connectivity index (χ3n) is 4.28. The van der Waals surface area contributed by atoms with Crippen molar-refractivity contribution >= 4 is 30.3 Å². The molecule has 194 valence electrons. The number of nitrogens with one attached hydrogen (secondary N) is 1. The number of rotatable bonds is 7. The highest BCUT2D eigenvalue weighted by Crippen LogP contribution is 2.27. The first-order valence-electron chi connectivity index (χ1n) is 10.5.